The van der Waals surface area contributed by atoms with E-state index in [0.29, 0.717) is 26.7 Å². The molecule has 0 fully saturated rings. The topological polar surface area (TPSA) is 111 Å². The summed E-state index contributed by atoms with van der Waals surface area (Å²) < 4.78 is 39.9. The Morgan fingerprint density at radius 3 is 2.66 bits per heavy atom. The molecule has 1 amide bonds. The van der Waals surface area contributed by atoms with E-state index in [-0.39, 0.29) is 11.4 Å². The van der Waals surface area contributed by atoms with Gasteiger partial charge in [-0.2, -0.15) is 0 Å². The fourth-order valence-electron chi connectivity index (χ4n) is 3.13. The van der Waals surface area contributed by atoms with Crippen molar-refractivity contribution in [3.05, 3.63) is 48.0 Å². The second kappa shape index (κ2) is 8.96. The number of fused-ring (bicyclic) bond motifs is 1. The fraction of sp³-hybridized carbons (Fsp3) is 0.250. The van der Waals surface area contributed by atoms with E-state index in [0.717, 1.165) is 5.56 Å². The normalized spacial score (nSPS) is 15.6. The quantitative estimate of drug-likeness (QED) is 0.413. The molecular formula is C20H20N4O5S3. The van der Waals surface area contributed by atoms with Crippen molar-refractivity contribution >= 4 is 49.8 Å². The number of amides is 1. The van der Waals surface area contributed by atoms with Crippen LogP contribution in [0.25, 0.3) is 0 Å². The molecule has 2 heterocycles. The highest BCUT2D eigenvalue weighted by atomic mass is 32.2. The Kier molecular flexibility index (Phi) is 6.26. The number of hydrogen-bond donors (Lipinski definition) is 1. The maximum Gasteiger partial charge on any atom is 0.269 e. The van der Waals surface area contributed by atoms with Crippen molar-refractivity contribution in [1.29, 1.82) is 0 Å². The monoisotopic (exact) mass is 492 g/mol. The van der Waals surface area contributed by atoms with Gasteiger partial charge in [-0.25, -0.2) is 8.42 Å². The predicted octanol–water partition coefficient (Wildman–Crippen LogP) is 3.17. The van der Waals surface area contributed by atoms with Crippen molar-refractivity contribution in [3.8, 4) is 11.5 Å². The number of aryl methyl sites for hydroxylation is 1. The number of rotatable bonds is 6. The van der Waals surface area contributed by atoms with Crippen molar-refractivity contribution in [2.75, 3.05) is 29.5 Å². The molecule has 4 rings (SSSR count). The van der Waals surface area contributed by atoms with Gasteiger partial charge in [-0.1, -0.05) is 29.2 Å². The molecule has 1 unspecified atom stereocenters. The van der Waals surface area contributed by atoms with Crippen molar-refractivity contribution in [2.45, 2.75) is 22.3 Å². The van der Waals surface area contributed by atoms with Crippen molar-refractivity contribution in [2.24, 2.45) is 0 Å². The Bertz CT molecular complexity index is 1240. The Morgan fingerprint density at radius 2 is 2.00 bits per heavy atom. The number of hydrogen-bond acceptors (Lipinski definition) is 9. The van der Waals surface area contributed by atoms with E-state index in [1.54, 1.807) is 30.3 Å². The van der Waals surface area contributed by atoms with Gasteiger partial charge in [0.2, 0.25) is 5.13 Å². The smallest absolute Gasteiger partial charge is 0.269 e. The maximum atomic E-state index is 13.5. The Labute approximate surface area is 193 Å². The van der Waals surface area contributed by atoms with Crippen LogP contribution in [0.3, 0.4) is 0 Å². The highest BCUT2D eigenvalue weighted by Crippen LogP contribution is 2.38. The van der Waals surface area contributed by atoms with Gasteiger partial charge in [-0.05, 0) is 55.1 Å². The first-order chi connectivity index (χ1) is 15.3. The maximum absolute atomic E-state index is 13.5. The number of methoxy groups -OCH3 is 1. The largest absolute Gasteiger partial charge is 0.497 e. The second-order valence-electron chi connectivity index (χ2n) is 6.86. The minimum Gasteiger partial charge on any atom is -0.497 e. The molecule has 9 nitrogen and oxygen atoms in total. The van der Waals surface area contributed by atoms with Crippen LogP contribution in [0, 0.1) is 6.92 Å². The molecule has 1 aliphatic heterocycles. The third kappa shape index (κ3) is 4.38. The molecule has 0 radical (unpaired) electrons. The van der Waals surface area contributed by atoms with Gasteiger partial charge in [0.15, 0.2) is 10.4 Å². The van der Waals surface area contributed by atoms with Gasteiger partial charge in [0.05, 0.1) is 24.2 Å². The molecule has 2 aromatic carbocycles. The third-order valence-corrected chi connectivity index (χ3v) is 8.34. The Balaban J connectivity index is 1.67. The van der Waals surface area contributed by atoms with Gasteiger partial charge < -0.3 is 9.47 Å². The molecule has 0 bridgehead atoms. The number of nitrogens with zero attached hydrogens (tertiary/aromatic N) is 3. The first-order valence-corrected chi connectivity index (χ1v) is 12.9. The first-order valence-electron chi connectivity index (χ1n) is 9.44. The zero-order valence-electron chi connectivity index (χ0n) is 17.4. The van der Waals surface area contributed by atoms with Gasteiger partial charge in [0.25, 0.3) is 15.9 Å². The summed E-state index contributed by atoms with van der Waals surface area (Å²) in [5.74, 6) is 0.354. The van der Waals surface area contributed by atoms with Crippen LogP contribution in [0.5, 0.6) is 11.5 Å². The van der Waals surface area contributed by atoms with Crippen LogP contribution in [0.15, 0.2) is 51.7 Å². The number of anilines is 2. The van der Waals surface area contributed by atoms with E-state index >= 15 is 0 Å². The summed E-state index contributed by atoms with van der Waals surface area (Å²) in [6, 6.07) is 11.3. The molecule has 168 valence electrons. The van der Waals surface area contributed by atoms with Crippen LogP contribution < -0.4 is 19.1 Å². The number of sulfonamides is 1. The summed E-state index contributed by atoms with van der Waals surface area (Å²) in [5, 5.41) is 10.9. The van der Waals surface area contributed by atoms with Gasteiger partial charge >= 0.3 is 0 Å². The van der Waals surface area contributed by atoms with Crippen LogP contribution in [0.2, 0.25) is 0 Å². The Morgan fingerprint density at radius 1 is 1.25 bits per heavy atom. The minimum atomic E-state index is -3.96. The average molecular weight is 493 g/mol. The number of carbonyl (C=O) groups excluding carboxylic acids is 1. The third-order valence-electron chi connectivity index (χ3n) is 4.74. The summed E-state index contributed by atoms with van der Waals surface area (Å²) in [6.45, 7) is 1.67. The standard InChI is InChI=1S/C20H20N4O5S3/c1-12-4-9-15-16(10-12)29-17(18(25)21-19-22-23-20(30-3)31-19)11-24(15)32(26,27)14-7-5-13(28-2)6-8-14/h4-10,17H,11H2,1-3H3,(H,21,22,25). The number of benzene rings is 2. The van der Waals surface area contributed by atoms with Crippen molar-refractivity contribution in [3.63, 3.8) is 0 Å². The number of ether oxygens (including phenoxy) is 2. The predicted molar refractivity (Wildman–Crippen MR) is 123 cm³/mol. The van der Waals surface area contributed by atoms with Gasteiger partial charge in [-0.3, -0.25) is 14.4 Å². The molecule has 3 aromatic rings. The van der Waals surface area contributed by atoms with Gasteiger partial charge in [-0.15, -0.1) is 10.2 Å². The molecule has 1 atom stereocenters. The van der Waals surface area contributed by atoms with E-state index in [2.05, 4.69) is 15.5 Å². The lowest BCUT2D eigenvalue weighted by Gasteiger charge is -2.34. The number of carbonyl (C=O) groups is 1. The zero-order valence-corrected chi connectivity index (χ0v) is 19.9. The fourth-order valence-corrected chi connectivity index (χ4v) is 5.78. The summed E-state index contributed by atoms with van der Waals surface area (Å²) in [5.41, 5.74) is 1.25. The summed E-state index contributed by atoms with van der Waals surface area (Å²) in [7, 11) is -2.46. The van der Waals surface area contributed by atoms with Crippen LogP contribution in [0.1, 0.15) is 5.56 Å². The lowest BCUT2D eigenvalue weighted by molar-refractivity contribution is -0.122. The van der Waals surface area contributed by atoms with Crippen molar-refractivity contribution in [1.82, 2.24) is 10.2 Å². The number of aromatic nitrogens is 2. The molecule has 0 saturated heterocycles. The Hall–Kier alpha value is -2.83. The molecule has 1 aromatic heterocycles. The summed E-state index contributed by atoms with van der Waals surface area (Å²) >= 11 is 2.64. The van der Waals surface area contributed by atoms with E-state index in [1.165, 1.54) is 46.6 Å². The van der Waals surface area contributed by atoms with Gasteiger partial charge in [0.1, 0.15) is 11.5 Å². The molecule has 12 heteroatoms. The molecule has 0 aliphatic carbocycles. The second-order valence-corrected chi connectivity index (χ2v) is 10.7. The molecular weight excluding hydrogens is 472 g/mol. The highest BCUT2D eigenvalue weighted by molar-refractivity contribution is 8.00. The molecule has 32 heavy (non-hydrogen) atoms. The SMILES string of the molecule is COc1ccc(S(=O)(=O)N2CC(C(=O)Nc3nnc(SC)s3)Oc3cc(C)ccc32)cc1. The lowest BCUT2D eigenvalue weighted by Crippen LogP contribution is -2.48. The zero-order chi connectivity index (χ0) is 22.9. The first kappa shape index (κ1) is 22.4. The molecule has 1 N–H and O–H groups in total. The van der Waals surface area contributed by atoms with Crippen LogP contribution >= 0.6 is 23.1 Å². The van der Waals surface area contributed by atoms with E-state index in [9.17, 15) is 13.2 Å². The van der Waals surface area contributed by atoms with Crippen LogP contribution in [0.4, 0.5) is 10.8 Å². The average Bonchev–Trinajstić information content (AvgIpc) is 3.25. The summed E-state index contributed by atoms with van der Waals surface area (Å²) in [6.07, 6.45) is 0.788. The van der Waals surface area contributed by atoms with Crippen LogP contribution in [-0.4, -0.2) is 50.5 Å². The molecule has 0 spiro atoms. The van der Waals surface area contributed by atoms with Gasteiger partial charge in [0, 0.05) is 0 Å². The highest BCUT2D eigenvalue weighted by Gasteiger charge is 2.38. The molecule has 1 aliphatic rings. The van der Waals surface area contributed by atoms with Crippen LogP contribution in [-0.2, 0) is 14.8 Å². The minimum absolute atomic E-state index is 0.0830. The van der Waals surface area contributed by atoms with E-state index in [4.69, 9.17) is 9.47 Å². The lowest BCUT2D eigenvalue weighted by atomic mass is 10.1. The number of thioether (sulfide) groups is 1. The molecule has 0 saturated carbocycles. The van der Waals surface area contributed by atoms with Crippen molar-refractivity contribution < 1.29 is 22.7 Å². The summed E-state index contributed by atoms with van der Waals surface area (Å²) in [4.78, 5) is 13.0. The number of nitrogens with one attached hydrogen (secondary N) is 1. The van der Waals surface area contributed by atoms with E-state index in [1.807, 2.05) is 13.2 Å². The van der Waals surface area contributed by atoms with E-state index < -0.39 is 22.0 Å².